The van der Waals surface area contributed by atoms with Gasteiger partial charge in [-0.05, 0) is 93.8 Å². The zero-order chi connectivity index (χ0) is 22.0. The van der Waals surface area contributed by atoms with E-state index in [4.69, 9.17) is 9.84 Å². The van der Waals surface area contributed by atoms with Crippen LogP contribution in [-0.4, -0.2) is 36.1 Å². The van der Waals surface area contributed by atoms with Crippen molar-refractivity contribution in [1.82, 2.24) is 15.1 Å². The van der Waals surface area contributed by atoms with Crippen molar-refractivity contribution in [3.8, 4) is 0 Å². The van der Waals surface area contributed by atoms with Crippen LogP contribution in [0.1, 0.15) is 42.4 Å². The molecule has 3 aromatic rings. The van der Waals surface area contributed by atoms with E-state index in [1.165, 1.54) is 34.9 Å². The summed E-state index contributed by atoms with van der Waals surface area (Å²) < 4.78 is 21.8. The first-order chi connectivity index (χ1) is 15.6. The van der Waals surface area contributed by atoms with Gasteiger partial charge in [-0.2, -0.15) is 5.10 Å². The second kappa shape index (κ2) is 9.32. The lowest BCUT2D eigenvalue weighted by Crippen LogP contribution is -2.41. The molecule has 5 rings (SSSR count). The number of fused-ring (bicyclic) bond motifs is 1. The number of rotatable bonds is 9. The summed E-state index contributed by atoms with van der Waals surface area (Å²) in [5.41, 5.74) is 5.01. The summed E-state index contributed by atoms with van der Waals surface area (Å²) in [5.74, 6) is 0.646. The third kappa shape index (κ3) is 5.21. The van der Waals surface area contributed by atoms with E-state index >= 15 is 0 Å². The van der Waals surface area contributed by atoms with Crippen molar-refractivity contribution in [2.24, 2.45) is 11.3 Å². The van der Waals surface area contributed by atoms with Crippen LogP contribution < -0.4 is 5.32 Å². The van der Waals surface area contributed by atoms with Crippen molar-refractivity contribution < 1.29 is 9.13 Å². The number of nitrogens with one attached hydrogen (secondary N) is 1. The standard InChI is InChI=1S/C27H34FN3O/c1-20-14-23(26-24(15-20)18-31(30-26)17-22-2-3-22)8-13-32-19-27(9-11-29-12-10-27)16-21-4-6-25(28)7-5-21/h4-7,14-15,18,22,29H,2-3,8-13,16-17,19H2,1H3. The van der Waals surface area contributed by atoms with E-state index in [1.54, 1.807) is 12.1 Å². The molecule has 1 aliphatic heterocycles. The zero-order valence-corrected chi connectivity index (χ0v) is 19.1. The summed E-state index contributed by atoms with van der Waals surface area (Å²) in [6, 6.07) is 11.5. The molecule has 2 heterocycles. The van der Waals surface area contributed by atoms with E-state index in [2.05, 4.69) is 35.3 Å². The van der Waals surface area contributed by atoms with Crippen LogP contribution in [0.15, 0.2) is 42.6 Å². The SMILES string of the molecule is Cc1cc(CCOCC2(Cc3ccc(F)cc3)CCNCC2)c2nn(CC3CC3)cc2c1. The van der Waals surface area contributed by atoms with Crippen LogP contribution in [0.25, 0.3) is 10.9 Å². The molecule has 1 aromatic heterocycles. The maximum absolute atomic E-state index is 13.3. The smallest absolute Gasteiger partial charge is 0.123 e. The molecule has 0 spiro atoms. The molecule has 0 amide bonds. The van der Waals surface area contributed by atoms with Crippen LogP contribution >= 0.6 is 0 Å². The van der Waals surface area contributed by atoms with E-state index in [-0.39, 0.29) is 11.2 Å². The second-order valence-electron chi connectivity index (χ2n) is 10.0. The fourth-order valence-electron chi connectivity index (χ4n) is 5.11. The molecule has 170 valence electrons. The largest absolute Gasteiger partial charge is 0.381 e. The number of hydrogen-bond donors (Lipinski definition) is 1. The van der Waals surface area contributed by atoms with Crippen molar-refractivity contribution in [2.45, 2.75) is 52.0 Å². The first-order valence-corrected chi connectivity index (χ1v) is 12.1. The summed E-state index contributed by atoms with van der Waals surface area (Å²) in [6.07, 6.45) is 8.88. The molecule has 1 saturated heterocycles. The molecule has 2 fully saturated rings. The topological polar surface area (TPSA) is 39.1 Å². The second-order valence-corrected chi connectivity index (χ2v) is 10.0. The number of aromatic nitrogens is 2. The highest BCUT2D eigenvalue weighted by molar-refractivity contribution is 5.82. The van der Waals surface area contributed by atoms with Crippen LogP contribution in [0.3, 0.4) is 0 Å². The molecule has 2 aliphatic rings. The number of benzene rings is 2. The summed E-state index contributed by atoms with van der Waals surface area (Å²) in [5, 5.41) is 9.61. The van der Waals surface area contributed by atoms with Gasteiger partial charge in [-0.15, -0.1) is 0 Å². The number of aryl methyl sites for hydroxylation is 1. The number of halogens is 1. The molecule has 0 unspecified atom stereocenters. The third-order valence-corrected chi connectivity index (χ3v) is 7.10. The van der Waals surface area contributed by atoms with Crippen LogP contribution in [0, 0.1) is 24.1 Å². The lowest BCUT2D eigenvalue weighted by molar-refractivity contribution is 0.0254. The maximum Gasteiger partial charge on any atom is 0.123 e. The molecule has 1 N–H and O–H groups in total. The van der Waals surface area contributed by atoms with Gasteiger partial charge in [0.15, 0.2) is 0 Å². The van der Waals surface area contributed by atoms with Crippen molar-refractivity contribution in [1.29, 1.82) is 0 Å². The summed E-state index contributed by atoms with van der Waals surface area (Å²) in [6.45, 7) is 6.69. The van der Waals surface area contributed by atoms with Gasteiger partial charge in [0.1, 0.15) is 5.82 Å². The molecular weight excluding hydrogens is 401 g/mol. The van der Waals surface area contributed by atoms with E-state index in [0.717, 1.165) is 63.4 Å². The average molecular weight is 436 g/mol. The molecule has 0 atom stereocenters. The first-order valence-electron chi connectivity index (χ1n) is 12.1. The highest BCUT2D eigenvalue weighted by Crippen LogP contribution is 2.34. The molecular formula is C27H34FN3O. The molecule has 0 bridgehead atoms. The van der Waals surface area contributed by atoms with Gasteiger partial charge in [0.05, 0.1) is 18.7 Å². The normalized spacial score (nSPS) is 18.3. The van der Waals surface area contributed by atoms with Gasteiger partial charge in [0.2, 0.25) is 0 Å². The predicted molar refractivity (Wildman–Crippen MR) is 126 cm³/mol. The molecule has 4 nitrogen and oxygen atoms in total. The maximum atomic E-state index is 13.3. The Morgan fingerprint density at radius 2 is 1.94 bits per heavy atom. The Morgan fingerprint density at radius 1 is 1.16 bits per heavy atom. The highest BCUT2D eigenvalue weighted by Gasteiger charge is 2.32. The lowest BCUT2D eigenvalue weighted by atomic mass is 9.75. The van der Waals surface area contributed by atoms with Gasteiger partial charge in [-0.25, -0.2) is 4.39 Å². The van der Waals surface area contributed by atoms with E-state index in [1.807, 2.05) is 12.1 Å². The first kappa shape index (κ1) is 21.6. The Hall–Kier alpha value is -2.24. The van der Waals surface area contributed by atoms with Gasteiger partial charge in [-0.1, -0.05) is 23.8 Å². The van der Waals surface area contributed by atoms with Crippen LogP contribution in [0.5, 0.6) is 0 Å². The Kier molecular flexibility index (Phi) is 6.29. The number of nitrogens with zero attached hydrogens (tertiary/aromatic N) is 2. The number of ether oxygens (including phenoxy) is 1. The molecule has 0 radical (unpaired) electrons. The van der Waals surface area contributed by atoms with Crippen molar-refractivity contribution in [3.05, 3.63) is 65.1 Å². The average Bonchev–Trinajstić information content (AvgIpc) is 3.50. The number of piperidine rings is 1. The molecule has 32 heavy (non-hydrogen) atoms. The van der Waals surface area contributed by atoms with E-state index in [9.17, 15) is 4.39 Å². The highest BCUT2D eigenvalue weighted by atomic mass is 19.1. The van der Waals surface area contributed by atoms with Crippen LogP contribution in [-0.2, 0) is 24.1 Å². The Labute approximate surface area is 190 Å². The molecule has 1 saturated carbocycles. The van der Waals surface area contributed by atoms with Gasteiger partial charge < -0.3 is 10.1 Å². The minimum atomic E-state index is -0.173. The van der Waals surface area contributed by atoms with Gasteiger partial charge in [-0.3, -0.25) is 4.68 Å². The minimum Gasteiger partial charge on any atom is -0.381 e. The zero-order valence-electron chi connectivity index (χ0n) is 19.1. The predicted octanol–water partition coefficient (Wildman–Crippen LogP) is 5.07. The van der Waals surface area contributed by atoms with Crippen molar-refractivity contribution >= 4 is 10.9 Å². The fraction of sp³-hybridized carbons (Fsp3) is 0.519. The van der Waals surface area contributed by atoms with E-state index < -0.39 is 0 Å². The monoisotopic (exact) mass is 435 g/mol. The lowest BCUT2D eigenvalue weighted by Gasteiger charge is -2.37. The van der Waals surface area contributed by atoms with Gasteiger partial charge in [0, 0.05) is 23.5 Å². The molecule has 2 aromatic carbocycles. The van der Waals surface area contributed by atoms with Gasteiger partial charge >= 0.3 is 0 Å². The van der Waals surface area contributed by atoms with Crippen molar-refractivity contribution in [3.63, 3.8) is 0 Å². The van der Waals surface area contributed by atoms with E-state index in [0.29, 0.717) is 6.61 Å². The Bertz CT molecular complexity index is 1050. The minimum absolute atomic E-state index is 0.122. The quantitative estimate of drug-likeness (QED) is 0.477. The summed E-state index contributed by atoms with van der Waals surface area (Å²) >= 11 is 0. The summed E-state index contributed by atoms with van der Waals surface area (Å²) in [4.78, 5) is 0. The molecule has 1 aliphatic carbocycles. The van der Waals surface area contributed by atoms with Crippen LogP contribution in [0.2, 0.25) is 0 Å². The number of hydrogen-bond acceptors (Lipinski definition) is 3. The fourth-order valence-corrected chi connectivity index (χ4v) is 5.11. The van der Waals surface area contributed by atoms with Crippen molar-refractivity contribution in [2.75, 3.05) is 26.3 Å². The summed E-state index contributed by atoms with van der Waals surface area (Å²) in [7, 11) is 0. The van der Waals surface area contributed by atoms with Crippen LogP contribution in [0.4, 0.5) is 4.39 Å². The van der Waals surface area contributed by atoms with Gasteiger partial charge in [0.25, 0.3) is 0 Å². The Balaban J connectivity index is 1.23. The third-order valence-electron chi connectivity index (χ3n) is 7.10. The Morgan fingerprint density at radius 3 is 2.69 bits per heavy atom. The molecule has 5 heteroatoms.